The Labute approximate surface area is 105 Å². The van der Waals surface area contributed by atoms with Gasteiger partial charge in [-0.2, -0.15) is 0 Å². The highest BCUT2D eigenvalue weighted by atomic mass is 16.2. The van der Waals surface area contributed by atoms with Crippen molar-refractivity contribution < 1.29 is 9.59 Å². The van der Waals surface area contributed by atoms with Crippen LogP contribution in [0.5, 0.6) is 0 Å². The number of hydrogen-bond acceptors (Lipinski definition) is 3. The Hall–Kier alpha value is -2.37. The van der Waals surface area contributed by atoms with Gasteiger partial charge in [-0.1, -0.05) is 18.2 Å². The maximum atomic E-state index is 11.5. The average molecular weight is 248 g/mol. The fraction of sp³-hybridized carbons (Fsp3) is 0.250. The molecule has 0 radical (unpaired) electrons. The van der Waals surface area contributed by atoms with Gasteiger partial charge in [-0.15, -0.1) is 0 Å². The fourth-order valence-corrected chi connectivity index (χ4v) is 1.15. The number of nitrogens with one attached hydrogen (secondary N) is 3. The Balaban J connectivity index is 2.64. The number of carbonyl (C=O) groups is 2. The van der Waals surface area contributed by atoms with Crippen LogP contribution in [0, 0.1) is 0 Å². The van der Waals surface area contributed by atoms with E-state index in [1.807, 2.05) is 6.92 Å². The zero-order valence-electron chi connectivity index (χ0n) is 10.4. The van der Waals surface area contributed by atoms with Gasteiger partial charge in [-0.05, 0) is 19.1 Å². The quantitative estimate of drug-likeness (QED) is 0.699. The lowest BCUT2D eigenvalue weighted by Crippen LogP contribution is -2.30. The average Bonchev–Trinajstić information content (AvgIpc) is 2.35. The maximum absolute atomic E-state index is 11.5. The SMILES string of the molecule is C=C(C)CNC(=O)Nc1cccc(C(=O)NC)n1. The molecule has 0 unspecified atom stereocenters. The lowest BCUT2D eigenvalue weighted by Gasteiger charge is -2.07. The molecule has 0 aliphatic carbocycles. The predicted molar refractivity (Wildman–Crippen MR) is 69.5 cm³/mol. The monoisotopic (exact) mass is 248 g/mol. The van der Waals surface area contributed by atoms with Crippen molar-refractivity contribution in [3.63, 3.8) is 0 Å². The van der Waals surface area contributed by atoms with E-state index in [0.29, 0.717) is 12.4 Å². The Morgan fingerprint density at radius 1 is 1.39 bits per heavy atom. The summed E-state index contributed by atoms with van der Waals surface area (Å²) >= 11 is 0. The summed E-state index contributed by atoms with van der Waals surface area (Å²) in [6, 6.07) is 4.42. The van der Waals surface area contributed by atoms with Crippen molar-refractivity contribution in [2.24, 2.45) is 0 Å². The number of amides is 3. The van der Waals surface area contributed by atoms with Gasteiger partial charge in [-0.3, -0.25) is 10.1 Å². The maximum Gasteiger partial charge on any atom is 0.320 e. The summed E-state index contributed by atoms with van der Waals surface area (Å²) in [4.78, 5) is 26.8. The molecule has 3 amide bonds. The lowest BCUT2D eigenvalue weighted by molar-refractivity contribution is 0.0958. The smallest absolute Gasteiger partial charge is 0.320 e. The van der Waals surface area contributed by atoms with E-state index in [1.54, 1.807) is 18.2 Å². The normalized spacial score (nSPS) is 9.44. The number of anilines is 1. The Bertz CT molecular complexity index is 471. The van der Waals surface area contributed by atoms with Crippen LogP contribution >= 0.6 is 0 Å². The molecule has 0 spiro atoms. The van der Waals surface area contributed by atoms with Crippen molar-refractivity contribution in [1.29, 1.82) is 0 Å². The van der Waals surface area contributed by atoms with E-state index >= 15 is 0 Å². The fourth-order valence-electron chi connectivity index (χ4n) is 1.15. The third-order valence-corrected chi connectivity index (χ3v) is 2.00. The summed E-state index contributed by atoms with van der Waals surface area (Å²) in [6.07, 6.45) is 0. The molecule has 18 heavy (non-hydrogen) atoms. The Morgan fingerprint density at radius 3 is 2.72 bits per heavy atom. The first kappa shape index (κ1) is 13.7. The van der Waals surface area contributed by atoms with E-state index in [2.05, 4.69) is 27.5 Å². The molecule has 0 aromatic carbocycles. The molecular weight excluding hydrogens is 232 g/mol. The number of nitrogens with zero attached hydrogens (tertiary/aromatic N) is 1. The van der Waals surface area contributed by atoms with Gasteiger partial charge in [0, 0.05) is 13.6 Å². The van der Waals surface area contributed by atoms with Gasteiger partial charge < -0.3 is 10.6 Å². The minimum absolute atomic E-state index is 0.246. The topological polar surface area (TPSA) is 83.1 Å². The van der Waals surface area contributed by atoms with Crippen molar-refractivity contribution in [2.75, 3.05) is 18.9 Å². The third kappa shape index (κ3) is 4.25. The van der Waals surface area contributed by atoms with Crippen LogP contribution < -0.4 is 16.0 Å². The molecule has 1 aromatic heterocycles. The van der Waals surface area contributed by atoms with Gasteiger partial charge in [-0.25, -0.2) is 9.78 Å². The molecule has 0 saturated carbocycles. The molecule has 0 saturated heterocycles. The predicted octanol–water partition coefficient (Wildman–Crippen LogP) is 1.14. The van der Waals surface area contributed by atoms with Crippen LogP contribution in [0.2, 0.25) is 0 Å². The Morgan fingerprint density at radius 2 is 2.11 bits per heavy atom. The molecular formula is C12H16N4O2. The largest absolute Gasteiger partial charge is 0.354 e. The summed E-state index contributed by atoms with van der Waals surface area (Å²) in [7, 11) is 1.52. The molecule has 1 aromatic rings. The van der Waals surface area contributed by atoms with Crippen molar-refractivity contribution in [3.05, 3.63) is 36.0 Å². The summed E-state index contributed by atoms with van der Waals surface area (Å²) in [5.41, 5.74) is 1.09. The van der Waals surface area contributed by atoms with Gasteiger partial charge in [0.05, 0.1) is 0 Å². The molecule has 6 heteroatoms. The molecule has 1 rings (SSSR count). The van der Waals surface area contributed by atoms with Crippen molar-refractivity contribution in [2.45, 2.75) is 6.92 Å². The van der Waals surface area contributed by atoms with Crippen LogP contribution in [-0.4, -0.2) is 30.5 Å². The second-order valence-electron chi connectivity index (χ2n) is 3.75. The van der Waals surface area contributed by atoms with E-state index < -0.39 is 0 Å². The van der Waals surface area contributed by atoms with Gasteiger partial charge in [0.15, 0.2) is 0 Å². The number of hydrogen-bond donors (Lipinski definition) is 3. The lowest BCUT2D eigenvalue weighted by atomic mass is 10.3. The van der Waals surface area contributed by atoms with Crippen LogP contribution in [0.1, 0.15) is 17.4 Å². The van der Waals surface area contributed by atoms with Crippen molar-refractivity contribution >= 4 is 17.8 Å². The zero-order chi connectivity index (χ0) is 13.5. The van der Waals surface area contributed by atoms with E-state index in [4.69, 9.17) is 0 Å². The molecule has 1 heterocycles. The highest BCUT2D eigenvalue weighted by molar-refractivity contribution is 5.93. The van der Waals surface area contributed by atoms with Crippen molar-refractivity contribution in [3.8, 4) is 0 Å². The van der Waals surface area contributed by atoms with Crippen LogP contribution in [0.4, 0.5) is 10.6 Å². The third-order valence-electron chi connectivity index (χ3n) is 2.00. The van der Waals surface area contributed by atoms with Crippen LogP contribution in [0.15, 0.2) is 30.4 Å². The number of rotatable bonds is 4. The van der Waals surface area contributed by atoms with E-state index in [9.17, 15) is 9.59 Å². The molecule has 0 fully saturated rings. The van der Waals surface area contributed by atoms with E-state index in [-0.39, 0.29) is 17.6 Å². The van der Waals surface area contributed by atoms with E-state index in [1.165, 1.54) is 7.05 Å². The molecule has 6 nitrogen and oxygen atoms in total. The minimum Gasteiger partial charge on any atom is -0.354 e. The molecule has 0 aliphatic heterocycles. The number of aromatic nitrogens is 1. The Kier molecular flexibility index (Phi) is 4.86. The summed E-state index contributed by atoms with van der Waals surface area (Å²) in [6.45, 7) is 5.87. The molecule has 0 aliphatic rings. The summed E-state index contributed by atoms with van der Waals surface area (Å²) < 4.78 is 0. The minimum atomic E-state index is -0.389. The van der Waals surface area contributed by atoms with Gasteiger partial charge in [0.25, 0.3) is 5.91 Å². The second kappa shape index (κ2) is 6.39. The first-order valence-corrected chi connectivity index (χ1v) is 5.41. The number of carbonyl (C=O) groups excluding carboxylic acids is 2. The molecule has 0 atom stereocenters. The van der Waals surface area contributed by atoms with Crippen LogP contribution in [0.25, 0.3) is 0 Å². The van der Waals surface area contributed by atoms with Crippen LogP contribution in [0.3, 0.4) is 0 Å². The second-order valence-corrected chi connectivity index (χ2v) is 3.75. The van der Waals surface area contributed by atoms with Gasteiger partial charge >= 0.3 is 6.03 Å². The van der Waals surface area contributed by atoms with Gasteiger partial charge in [0.2, 0.25) is 0 Å². The summed E-state index contributed by atoms with van der Waals surface area (Å²) in [5.74, 6) is 0.0105. The highest BCUT2D eigenvalue weighted by Gasteiger charge is 2.07. The standard InChI is InChI=1S/C12H16N4O2/c1-8(2)7-14-12(18)16-10-6-4-5-9(15-10)11(17)13-3/h4-6H,1,7H2,2-3H3,(H,13,17)(H2,14,15,16,18). The zero-order valence-corrected chi connectivity index (χ0v) is 10.4. The summed E-state index contributed by atoms with van der Waals surface area (Å²) in [5, 5.41) is 7.60. The molecule has 3 N–H and O–H groups in total. The molecule has 0 bridgehead atoms. The van der Waals surface area contributed by atoms with Gasteiger partial charge in [0.1, 0.15) is 11.5 Å². The highest BCUT2D eigenvalue weighted by Crippen LogP contribution is 2.04. The first-order chi connectivity index (χ1) is 8.52. The molecule has 96 valence electrons. The number of pyridine rings is 1. The number of urea groups is 1. The van der Waals surface area contributed by atoms with E-state index in [0.717, 1.165) is 5.57 Å². The van der Waals surface area contributed by atoms with Crippen LogP contribution in [-0.2, 0) is 0 Å². The van der Waals surface area contributed by atoms with Crippen molar-refractivity contribution in [1.82, 2.24) is 15.6 Å². The first-order valence-electron chi connectivity index (χ1n) is 5.41.